The van der Waals surface area contributed by atoms with Gasteiger partial charge in [0.05, 0.1) is 18.0 Å². The Morgan fingerprint density at radius 2 is 2.10 bits per heavy atom. The third-order valence-corrected chi connectivity index (χ3v) is 6.28. The summed E-state index contributed by atoms with van der Waals surface area (Å²) in [4.78, 5) is 26.3. The van der Waals surface area contributed by atoms with E-state index in [-0.39, 0.29) is 17.0 Å². The van der Waals surface area contributed by atoms with Crippen LogP contribution in [0.4, 0.5) is 10.1 Å². The summed E-state index contributed by atoms with van der Waals surface area (Å²) >= 11 is 0. The van der Waals surface area contributed by atoms with Gasteiger partial charge in [-0.05, 0) is 45.2 Å². The molecule has 2 N–H and O–H groups in total. The van der Waals surface area contributed by atoms with E-state index in [2.05, 4.69) is 12.2 Å². The lowest BCUT2D eigenvalue weighted by atomic mass is 10.0. The minimum atomic E-state index is -1.31. The number of nitrogens with zero attached hydrogens (tertiary/aromatic N) is 2. The number of anilines is 1. The first-order valence-electron chi connectivity index (χ1n) is 9.98. The second-order valence-corrected chi connectivity index (χ2v) is 8.02. The van der Waals surface area contributed by atoms with Crippen molar-refractivity contribution < 1.29 is 19.0 Å². The van der Waals surface area contributed by atoms with Crippen molar-refractivity contribution in [1.29, 1.82) is 0 Å². The number of ether oxygens (including phenoxy) is 1. The number of rotatable bonds is 6. The summed E-state index contributed by atoms with van der Waals surface area (Å²) in [5.74, 6) is -1.19. The number of aromatic carboxylic acids is 1. The number of halogens is 1. The Bertz CT molecular complexity index is 1030. The zero-order chi connectivity index (χ0) is 20.9. The number of fused-ring (bicyclic) bond motifs is 1. The molecule has 2 atom stereocenters. The van der Waals surface area contributed by atoms with Gasteiger partial charge in [0.1, 0.15) is 11.3 Å². The van der Waals surface area contributed by atoms with E-state index in [9.17, 15) is 14.7 Å². The van der Waals surface area contributed by atoms with Crippen LogP contribution in [0.3, 0.4) is 0 Å². The maximum atomic E-state index is 15.3. The summed E-state index contributed by atoms with van der Waals surface area (Å²) in [5.41, 5.74) is -0.201. The van der Waals surface area contributed by atoms with Crippen molar-refractivity contribution in [3.05, 3.63) is 33.9 Å². The van der Waals surface area contributed by atoms with Crippen molar-refractivity contribution in [3.8, 4) is 5.75 Å². The van der Waals surface area contributed by atoms with E-state index in [1.807, 2.05) is 11.9 Å². The Labute approximate surface area is 168 Å². The van der Waals surface area contributed by atoms with Gasteiger partial charge in [0.2, 0.25) is 5.43 Å². The third-order valence-electron chi connectivity index (χ3n) is 6.28. The minimum absolute atomic E-state index is 0.0502. The van der Waals surface area contributed by atoms with Crippen LogP contribution in [0, 0.1) is 11.7 Å². The van der Waals surface area contributed by atoms with Crippen molar-refractivity contribution in [2.24, 2.45) is 5.92 Å². The van der Waals surface area contributed by atoms with Gasteiger partial charge >= 0.3 is 5.97 Å². The number of methoxy groups -OCH3 is 1. The Hall–Kier alpha value is -2.61. The highest BCUT2D eigenvalue weighted by Crippen LogP contribution is 2.44. The molecule has 2 fully saturated rings. The van der Waals surface area contributed by atoms with Gasteiger partial charge in [-0.15, -0.1) is 0 Å². The normalized spacial score (nSPS) is 20.3. The van der Waals surface area contributed by atoms with Crippen LogP contribution in [-0.4, -0.2) is 48.9 Å². The average molecular weight is 403 g/mol. The van der Waals surface area contributed by atoms with Crippen molar-refractivity contribution in [2.75, 3.05) is 32.1 Å². The lowest BCUT2D eigenvalue weighted by Crippen LogP contribution is -2.33. The number of hydrogen-bond acceptors (Lipinski definition) is 5. The highest BCUT2D eigenvalue weighted by molar-refractivity contribution is 5.97. The third kappa shape index (κ3) is 3.25. The van der Waals surface area contributed by atoms with E-state index >= 15 is 4.39 Å². The molecule has 156 valence electrons. The minimum Gasteiger partial charge on any atom is -0.492 e. The van der Waals surface area contributed by atoms with E-state index in [1.54, 1.807) is 4.57 Å². The van der Waals surface area contributed by atoms with Crippen LogP contribution in [-0.2, 0) is 0 Å². The van der Waals surface area contributed by atoms with Gasteiger partial charge in [-0.2, -0.15) is 0 Å². The van der Waals surface area contributed by atoms with E-state index in [4.69, 9.17) is 4.74 Å². The molecule has 1 saturated carbocycles. The van der Waals surface area contributed by atoms with Crippen LogP contribution in [0.25, 0.3) is 10.9 Å². The molecule has 2 heterocycles. The van der Waals surface area contributed by atoms with Crippen molar-refractivity contribution in [3.63, 3.8) is 0 Å². The molecular weight excluding hydrogens is 377 g/mol. The standard InChI is InChI=1S/C21H26FN3O4/c1-11(23-2)12-6-7-24(9-12)18-16(22)8-14-17(20(18)29-3)25(13-4-5-13)10-15(19(14)26)21(27)28/h8,10-13,23H,4-7,9H2,1-3H3,(H,27,28)/t11-,12+/m1/s1. The lowest BCUT2D eigenvalue weighted by Gasteiger charge is -2.25. The molecule has 0 spiro atoms. The van der Waals surface area contributed by atoms with E-state index in [1.165, 1.54) is 19.4 Å². The summed E-state index contributed by atoms with van der Waals surface area (Å²) in [6.45, 7) is 3.48. The first-order chi connectivity index (χ1) is 13.9. The number of nitrogens with one attached hydrogen (secondary N) is 1. The van der Waals surface area contributed by atoms with Crippen LogP contribution in [0.5, 0.6) is 5.75 Å². The molecule has 0 bridgehead atoms. The lowest BCUT2D eigenvalue weighted by molar-refractivity contribution is 0.0695. The molecule has 2 aromatic rings. The van der Waals surface area contributed by atoms with Crippen molar-refractivity contribution in [1.82, 2.24) is 9.88 Å². The van der Waals surface area contributed by atoms with E-state index < -0.39 is 17.2 Å². The summed E-state index contributed by atoms with van der Waals surface area (Å²) in [6, 6.07) is 1.58. The van der Waals surface area contributed by atoms with Gasteiger partial charge in [0.15, 0.2) is 11.6 Å². The molecule has 2 aliphatic rings. The second-order valence-electron chi connectivity index (χ2n) is 8.02. The van der Waals surface area contributed by atoms with Crippen LogP contribution in [0.15, 0.2) is 17.1 Å². The number of aromatic nitrogens is 1. The van der Waals surface area contributed by atoms with Crippen LogP contribution >= 0.6 is 0 Å². The first-order valence-corrected chi connectivity index (χ1v) is 9.98. The molecule has 0 unspecified atom stereocenters. The largest absolute Gasteiger partial charge is 0.492 e. The zero-order valence-electron chi connectivity index (χ0n) is 16.9. The predicted molar refractivity (Wildman–Crippen MR) is 109 cm³/mol. The van der Waals surface area contributed by atoms with Gasteiger partial charge < -0.3 is 24.6 Å². The molecule has 0 radical (unpaired) electrons. The molecule has 1 aliphatic heterocycles. The van der Waals surface area contributed by atoms with Gasteiger partial charge in [0.25, 0.3) is 0 Å². The molecule has 1 saturated heterocycles. The van der Waals surface area contributed by atoms with Crippen LogP contribution in [0.1, 0.15) is 42.6 Å². The summed E-state index contributed by atoms with van der Waals surface area (Å²) in [6.07, 6.45) is 4.08. The smallest absolute Gasteiger partial charge is 0.341 e. The fraction of sp³-hybridized carbons (Fsp3) is 0.524. The molecule has 1 aromatic carbocycles. The number of pyridine rings is 1. The topological polar surface area (TPSA) is 83.8 Å². The van der Waals surface area contributed by atoms with E-state index in [0.29, 0.717) is 42.0 Å². The Morgan fingerprint density at radius 1 is 1.38 bits per heavy atom. The zero-order valence-corrected chi connectivity index (χ0v) is 16.9. The number of hydrogen-bond donors (Lipinski definition) is 2. The molecule has 1 aliphatic carbocycles. The van der Waals surface area contributed by atoms with Crippen LogP contribution in [0.2, 0.25) is 0 Å². The quantitative estimate of drug-likeness (QED) is 0.772. The molecule has 29 heavy (non-hydrogen) atoms. The molecule has 4 rings (SSSR count). The maximum absolute atomic E-state index is 15.3. The molecule has 1 aromatic heterocycles. The Kier molecular flexibility index (Phi) is 4.98. The highest BCUT2D eigenvalue weighted by Gasteiger charge is 2.34. The molecular formula is C21H26FN3O4. The van der Waals surface area contributed by atoms with Gasteiger partial charge in [-0.3, -0.25) is 4.79 Å². The SMILES string of the molecule is CN[C@H](C)[C@H]1CCN(c2c(F)cc3c(=O)c(C(=O)O)cn(C4CC4)c3c2OC)C1. The van der Waals surface area contributed by atoms with E-state index in [0.717, 1.165) is 19.3 Å². The highest BCUT2D eigenvalue weighted by atomic mass is 19.1. The second kappa shape index (κ2) is 7.33. The molecule has 0 amide bonds. The number of carbonyl (C=O) groups is 1. The molecule has 8 heteroatoms. The van der Waals surface area contributed by atoms with Gasteiger partial charge in [-0.1, -0.05) is 0 Å². The fourth-order valence-corrected chi connectivity index (χ4v) is 4.36. The number of benzene rings is 1. The number of carboxylic acids is 1. The predicted octanol–water partition coefficient (Wildman–Crippen LogP) is 2.62. The van der Waals surface area contributed by atoms with Gasteiger partial charge in [0, 0.05) is 31.4 Å². The average Bonchev–Trinajstić information content (AvgIpc) is 3.43. The summed E-state index contributed by atoms with van der Waals surface area (Å²) in [5, 5.41) is 12.7. The van der Waals surface area contributed by atoms with Crippen molar-refractivity contribution in [2.45, 2.75) is 38.3 Å². The first kappa shape index (κ1) is 19.7. The van der Waals surface area contributed by atoms with Crippen LogP contribution < -0.4 is 20.4 Å². The monoisotopic (exact) mass is 403 g/mol. The summed E-state index contributed by atoms with van der Waals surface area (Å²) in [7, 11) is 3.38. The fourth-order valence-electron chi connectivity index (χ4n) is 4.36. The van der Waals surface area contributed by atoms with Gasteiger partial charge in [-0.25, -0.2) is 9.18 Å². The Morgan fingerprint density at radius 3 is 2.69 bits per heavy atom. The van der Waals surface area contributed by atoms with Crippen molar-refractivity contribution >= 4 is 22.6 Å². The molecule has 7 nitrogen and oxygen atoms in total. The maximum Gasteiger partial charge on any atom is 0.341 e. The number of carboxylic acid groups (broad SMARTS) is 1. The summed E-state index contributed by atoms with van der Waals surface area (Å²) < 4.78 is 22.7. The Balaban J connectivity index is 1.93.